The molecule has 1 fully saturated rings. The summed E-state index contributed by atoms with van der Waals surface area (Å²) >= 11 is 0. The lowest BCUT2D eigenvalue weighted by atomic mass is 9.73. The number of likely N-dealkylation sites (tertiary alicyclic amines) is 1. The van der Waals surface area contributed by atoms with Crippen molar-refractivity contribution >= 4 is 0 Å². The van der Waals surface area contributed by atoms with Gasteiger partial charge >= 0.3 is 0 Å². The zero-order valence-corrected chi connectivity index (χ0v) is 12.8. The molecule has 1 saturated heterocycles. The van der Waals surface area contributed by atoms with Gasteiger partial charge in [-0.15, -0.1) is 0 Å². The van der Waals surface area contributed by atoms with E-state index in [1.165, 1.54) is 37.9 Å². The highest BCUT2D eigenvalue weighted by Crippen LogP contribution is 2.41. The van der Waals surface area contributed by atoms with Crippen molar-refractivity contribution in [3.8, 4) is 5.75 Å². The molecular formula is C17H27NO. The second-order valence-corrected chi connectivity index (χ2v) is 6.22. The minimum absolute atomic E-state index is 0.318. The first-order valence-corrected chi connectivity index (χ1v) is 7.43. The second kappa shape index (κ2) is 5.96. The van der Waals surface area contributed by atoms with Crippen LogP contribution in [0.2, 0.25) is 0 Å². The van der Waals surface area contributed by atoms with E-state index in [4.69, 9.17) is 4.74 Å². The largest absolute Gasteiger partial charge is 0.497 e. The van der Waals surface area contributed by atoms with Crippen molar-refractivity contribution in [2.45, 2.75) is 38.5 Å². The fraction of sp³-hybridized carbons (Fsp3) is 0.647. The molecule has 0 aromatic heterocycles. The normalized spacial score (nSPS) is 25.5. The maximum absolute atomic E-state index is 5.40. The highest BCUT2D eigenvalue weighted by Gasteiger charge is 2.39. The van der Waals surface area contributed by atoms with E-state index in [2.05, 4.69) is 44.0 Å². The first kappa shape index (κ1) is 14.4. The molecule has 1 aromatic carbocycles. The third-order valence-electron chi connectivity index (χ3n) is 4.66. The van der Waals surface area contributed by atoms with E-state index in [0.29, 0.717) is 5.41 Å². The predicted octanol–water partition coefficient (Wildman–Crippen LogP) is 3.70. The third-order valence-corrected chi connectivity index (χ3v) is 4.66. The van der Waals surface area contributed by atoms with Gasteiger partial charge in [0.25, 0.3) is 0 Å². The average molecular weight is 261 g/mol. The van der Waals surface area contributed by atoms with Crippen LogP contribution in [0.15, 0.2) is 24.3 Å². The van der Waals surface area contributed by atoms with Gasteiger partial charge in [0.1, 0.15) is 5.75 Å². The number of nitrogens with zero attached hydrogens (tertiary/aromatic N) is 1. The topological polar surface area (TPSA) is 12.5 Å². The minimum atomic E-state index is 0.318. The summed E-state index contributed by atoms with van der Waals surface area (Å²) in [4.78, 5) is 2.46. The third kappa shape index (κ3) is 3.11. The van der Waals surface area contributed by atoms with Gasteiger partial charge in [-0.3, -0.25) is 0 Å². The number of likely N-dealkylation sites (N-methyl/N-ethyl adjacent to an activating group) is 1. The second-order valence-electron chi connectivity index (χ2n) is 6.22. The summed E-state index contributed by atoms with van der Waals surface area (Å²) in [5.74, 6) is 1.76. The Labute approximate surface area is 117 Å². The Bertz CT molecular complexity index is 417. The van der Waals surface area contributed by atoms with Crippen LogP contribution in [-0.2, 0) is 5.41 Å². The van der Waals surface area contributed by atoms with Crippen molar-refractivity contribution in [3.63, 3.8) is 0 Å². The van der Waals surface area contributed by atoms with Crippen molar-refractivity contribution < 1.29 is 4.74 Å². The van der Waals surface area contributed by atoms with Crippen LogP contribution in [0.5, 0.6) is 5.75 Å². The fourth-order valence-electron chi connectivity index (χ4n) is 3.36. The number of methoxy groups -OCH3 is 1. The van der Waals surface area contributed by atoms with E-state index in [1.54, 1.807) is 7.11 Å². The van der Waals surface area contributed by atoms with E-state index >= 15 is 0 Å². The number of hydrogen-bond donors (Lipinski definition) is 0. The van der Waals surface area contributed by atoms with Crippen molar-refractivity contribution in [1.29, 1.82) is 0 Å². The zero-order chi connectivity index (χ0) is 13.9. The molecule has 2 heteroatoms. The van der Waals surface area contributed by atoms with Crippen LogP contribution in [0.4, 0.5) is 0 Å². The average Bonchev–Trinajstić information content (AvgIpc) is 2.81. The van der Waals surface area contributed by atoms with Crippen LogP contribution in [0.3, 0.4) is 0 Å². The molecule has 0 bridgehead atoms. The molecule has 0 saturated carbocycles. The summed E-state index contributed by atoms with van der Waals surface area (Å²) in [5.41, 5.74) is 1.77. The quantitative estimate of drug-likeness (QED) is 0.801. The highest BCUT2D eigenvalue weighted by atomic mass is 16.5. The molecule has 0 radical (unpaired) electrons. The Balaban J connectivity index is 2.31. The van der Waals surface area contributed by atoms with Gasteiger partial charge in [-0.1, -0.05) is 32.4 Å². The Morgan fingerprint density at radius 2 is 2.21 bits per heavy atom. The Kier molecular flexibility index (Phi) is 4.51. The first-order chi connectivity index (χ1) is 9.09. The fourth-order valence-corrected chi connectivity index (χ4v) is 3.36. The van der Waals surface area contributed by atoms with Crippen molar-refractivity contribution in [2.75, 3.05) is 27.2 Å². The molecule has 1 aliphatic heterocycles. The van der Waals surface area contributed by atoms with E-state index < -0.39 is 0 Å². The Hall–Kier alpha value is -1.02. The Morgan fingerprint density at radius 3 is 2.79 bits per heavy atom. The SMILES string of the molecule is CC[C@@H](C)C[C@]1(c2cccc(OC)c2)CCN(C)C1. The lowest BCUT2D eigenvalue weighted by Crippen LogP contribution is -2.31. The lowest BCUT2D eigenvalue weighted by Gasteiger charge is -2.32. The Morgan fingerprint density at radius 1 is 1.42 bits per heavy atom. The smallest absolute Gasteiger partial charge is 0.119 e. The van der Waals surface area contributed by atoms with Gasteiger partial charge < -0.3 is 9.64 Å². The van der Waals surface area contributed by atoms with Crippen LogP contribution in [0.1, 0.15) is 38.7 Å². The summed E-state index contributed by atoms with van der Waals surface area (Å²) in [5, 5.41) is 0. The molecule has 0 spiro atoms. The van der Waals surface area contributed by atoms with Gasteiger partial charge in [-0.2, -0.15) is 0 Å². The molecule has 2 rings (SSSR count). The maximum atomic E-state index is 5.40. The molecule has 19 heavy (non-hydrogen) atoms. The van der Waals surface area contributed by atoms with E-state index in [9.17, 15) is 0 Å². The summed E-state index contributed by atoms with van der Waals surface area (Å²) in [6.45, 7) is 7.04. The van der Waals surface area contributed by atoms with Crippen LogP contribution >= 0.6 is 0 Å². The maximum Gasteiger partial charge on any atom is 0.119 e. The summed E-state index contributed by atoms with van der Waals surface area (Å²) in [7, 11) is 3.99. The van der Waals surface area contributed by atoms with Gasteiger partial charge in [0.05, 0.1) is 7.11 Å². The van der Waals surface area contributed by atoms with Crippen LogP contribution < -0.4 is 4.74 Å². The van der Waals surface area contributed by atoms with Crippen LogP contribution in [0.25, 0.3) is 0 Å². The molecule has 0 amide bonds. The molecule has 0 aliphatic carbocycles. The molecule has 106 valence electrons. The molecule has 1 aliphatic rings. The van der Waals surface area contributed by atoms with Crippen molar-refractivity contribution in [1.82, 2.24) is 4.90 Å². The van der Waals surface area contributed by atoms with Crippen molar-refractivity contribution in [3.05, 3.63) is 29.8 Å². The lowest BCUT2D eigenvalue weighted by molar-refractivity contribution is 0.307. The molecule has 1 aromatic rings. The molecule has 1 heterocycles. The van der Waals surface area contributed by atoms with Gasteiger partial charge in [0, 0.05) is 12.0 Å². The summed E-state index contributed by atoms with van der Waals surface area (Å²) in [6, 6.07) is 8.69. The molecular weight excluding hydrogens is 234 g/mol. The van der Waals surface area contributed by atoms with E-state index in [0.717, 1.165) is 11.7 Å². The van der Waals surface area contributed by atoms with Crippen molar-refractivity contribution in [2.24, 2.45) is 5.92 Å². The standard InChI is InChI=1S/C17H27NO/c1-5-14(2)12-17(9-10-18(3)13-17)15-7-6-8-16(11-15)19-4/h6-8,11,14H,5,9-10,12-13H2,1-4H3/t14-,17-/m1/s1. The molecule has 0 N–H and O–H groups in total. The summed E-state index contributed by atoms with van der Waals surface area (Å²) < 4.78 is 5.40. The number of ether oxygens (including phenoxy) is 1. The van der Waals surface area contributed by atoms with Gasteiger partial charge in [-0.25, -0.2) is 0 Å². The number of rotatable bonds is 5. The number of hydrogen-bond acceptors (Lipinski definition) is 2. The van der Waals surface area contributed by atoms with E-state index in [-0.39, 0.29) is 0 Å². The molecule has 0 unspecified atom stereocenters. The monoisotopic (exact) mass is 261 g/mol. The minimum Gasteiger partial charge on any atom is -0.497 e. The highest BCUT2D eigenvalue weighted by molar-refractivity contribution is 5.35. The first-order valence-electron chi connectivity index (χ1n) is 7.43. The predicted molar refractivity (Wildman–Crippen MR) is 80.9 cm³/mol. The van der Waals surface area contributed by atoms with Gasteiger partial charge in [0.2, 0.25) is 0 Å². The van der Waals surface area contributed by atoms with E-state index in [1.807, 2.05) is 6.07 Å². The van der Waals surface area contributed by atoms with Crippen LogP contribution in [-0.4, -0.2) is 32.1 Å². The van der Waals surface area contributed by atoms with Crippen LogP contribution in [0, 0.1) is 5.92 Å². The van der Waals surface area contributed by atoms with Gasteiger partial charge in [-0.05, 0) is 50.0 Å². The number of benzene rings is 1. The summed E-state index contributed by atoms with van der Waals surface area (Å²) in [6.07, 6.45) is 3.80. The molecule has 2 nitrogen and oxygen atoms in total. The molecule has 2 atom stereocenters. The van der Waals surface area contributed by atoms with Gasteiger partial charge in [0.15, 0.2) is 0 Å². The zero-order valence-electron chi connectivity index (χ0n) is 12.8.